The smallest absolute Gasteiger partial charge is 0.0597 e. The van der Waals surface area contributed by atoms with Gasteiger partial charge in [0.05, 0.1) is 11.4 Å². The van der Waals surface area contributed by atoms with E-state index >= 15 is 0 Å². The second-order valence-corrected chi connectivity index (χ2v) is 6.18. The Hall–Kier alpha value is -0.830. The summed E-state index contributed by atoms with van der Waals surface area (Å²) in [5, 5.41) is 8.07. The van der Waals surface area contributed by atoms with Crippen LogP contribution in [0.2, 0.25) is 0 Å². The topological polar surface area (TPSA) is 29.9 Å². The van der Waals surface area contributed by atoms with Crippen molar-refractivity contribution in [3.05, 3.63) is 17.5 Å². The van der Waals surface area contributed by atoms with E-state index in [4.69, 9.17) is 0 Å². The predicted octanol–water partition coefficient (Wildman–Crippen LogP) is 3.52. The first kappa shape index (κ1) is 14.6. The van der Waals surface area contributed by atoms with E-state index < -0.39 is 0 Å². The lowest BCUT2D eigenvalue weighted by Crippen LogP contribution is -2.21. The Bertz CT molecular complexity index is 375. The summed E-state index contributed by atoms with van der Waals surface area (Å²) < 4.78 is 2.10. The molecule has 1 saturated carbocycles. The van der Waals surface area contributed by atoms with E-state index in [1.54, 1.807) is 0 Å². The van der Waals surface area contributed by atoms with Crippen LogP contribution in [0.1, 0.15) is 57.3 Å². The molecule has 3 heteroatoms. The number of rotatable bonds is 6. The number of nitrogens with zero attached hydrogens (tertiary/aromatic N) is 2. The lowest BCUT2D eigenvalue weighted by atomic mass is 9.81. The monoisotopic (exact) mass is 263 g/mol. The van der Waals surface area contributed by atoms with Gasteiger partial charge in [0.2, 0.25) is 0 Å². The molecular weight excluding hydrogens is 234 g/mol. The maximum atomic E-state index is 4.48. The highest BCUT2D eigenvalue weighted by Crippen LogP contribution is 2.29. The van der Waals surface area contributed by atoms with Crippen molar-refractivity contribution < 1.29 is 0 Å². The van der Waals surface area contributed by atoms with Crippen LogP contribution in [0.25, 0.3) is 0 Å². The maximum absolute atomic E-state index is 4.48. The van der Waals surface area contributed by atoms with Gasteiger partial charge in [-0.05, 0) is 44.7 Å². The molecule has 1 aromatic heterocycles. The Morgan fingerprint density at radius 2 is 2.05 bits per heavy atom. The fraction of sp³-hybridized carbons (Fsp3) is 0.812. The Balaban J connectivity index is 1.66. The van der Waals surface area contributed by atoms with E-state index in [0.717, 1.165) is 37.2 Å². The van der Waals surface area contributed by atoms with Crippen LogP contribution >= 0.6 is 0 Å². The van der Waals surface area contributed by atoms with Crippen molar-refractivity contribution in [1.82, 2.24) is 15.1 Å². The van der Waals surface area contributed by atoms with Gasteiger partial charge in [-0.1, -0.05) is 32.6 Å². The average molecular weight is 263 g/mol. The molecule has 1 fully saturated rings. The second-order valence-electron chi connectivity index (χ2n) is 6.18. The zero-order valence-electron chi connectivity index (χ0n) is 12.8. The van der Waals surface area contributed by atoms with E-state index in [1.165, 1.54) is 37.8 Å². The minimum atomic E-state index is 0.956. The molecule has 0 radical (unpaired) electrons. The molecule has 1 heterocycles. The molecular formula is C16H29N3. The first-order valence-corrected chi connectivity index (χ1v) is 7.93. The van der Waals surface area contributed by atoms with Gasteiger partial charge in [-0.15, -0.1) is 0 Å². The van der Waals surface area contributed by atoms with Gasteiger partial charge in [0.25, 0.3) is 0 Å². The summed E-state index contributed by atoms with van der Waals surface area (Å²) in [7, 11) is 0. The van der Waals surface area contributed by atoms with E-state index in [0.29, 0.717) is 0 Å². The Morgan fingerprint density at radius 3 is 2.74 bits per heavy atom. The van der Waals surface area contributed by atoms with Gasteiger partial charge >= 0.3 is 0 Å². The van der Waals surface area contributed by atoms with Crippen LogP contribution in [0.4, 0.5) is 0 Å². The third-order valence-electron chi connectivity index (χ3n) is 4.46. The maximum Gasteiger partial charge on any atom is 0.0597 e. The highest BCUT2D eigenvalue weighted by Gasteiger charge is 2.17. The molecule has 19 heavy (non-hydrogen) atoms. The SMILES string of the molecule is CCn1nc(C)cc1CNCCC1CCC(C)CC1. The van der Waals surface area contributed by atoms with Gasteiger partial charge in [-0.3, -0.25) is 4.68 Å². The van der Waals surface area contributed by atoms with Crippen LogP contribution in [0.3, 0.4) is 0 Å². The molecule has 1 N–H and O–H groups in total. The number of hydrogen-bond donors (Lipinski definition) is 1. The Labute approximate surface area is 117 Å². The van der Waals surface area contributed by atoms with Crippen LogP contribution in [-0.4, -0.2) is 16.3 Å². The summed E-state index contributed by atoms with van der Waals surface area (Å²) in [4.78, 5) is 0. The van der Waals surface area contributed by atoms with Crippen molar-refractivity contribution in [3.63, 3.8) is 0 Å². The highest BCUT2D eigenvalue weighted by atomic mass is 15.3. The molecule has 0 spiro atoms. The normalized spacial score (nSPS) is 23.7. The summed E-state index contributed by atoms with van der Waals surface area (Å²) in [5.74, 6) is 1.92. The van der Waals surface area contributed by atoms with Gasteiger partial charge in [-0.2, -0.15) is 5.10 Å². The van der Waals surface area contributed by atoms with Crippen molar-refractivity contribution in [1.29, 1.82) is 0 Å². The number of aryl methyl sites for hydroxylation is 2. The first-order valence-electron chi connectivity index (χ1n) is 7.93. The van der Waals surface area contributed by atoms with Gasteiger partial charge in [0.15, 0.2) is 0 Å². The Morgan fingerprint density at radius 1 is 1.32 bits per heavy atom. The zero-order valence-corrected chi connectivity index (χ0v) is 12.8. The number of hydrogen-bond acceptors (Lipinski definition) is 2. The minimum Gasteiger partial charge on any atom is -0.311 e. The summed E-state index contributed by atoms with van der Waals surface area (Å²) in [5.41, 5.74) is 2.44. The summed E-state index contributed by atoms with van der Waals surface area (Å²) in [6, 6.07) is 2.19. The van der Waals surface area contributed by atoms with E-state index in [-0.39, 0.29) is 0 Å². The largest absolute Gasteiger partial charge is 0.311 e. The van der Waals surface area contributed by atoms with Crippen molar-refractivity contribution in [3.8, 4) is 0 Å². The number of nitrogens with one attached hydrogen (secondary N) is 1. The molecule has 0 unspecified atom stereocenters. The molecule has 1 aliphatic rings. The first-order chi connectivity index (χ1) is 9.19. The molecule has 0 bridgehead atoms. The van der Waals surface area contributed by atoms with Gasteiger partial charge < -0.3 is 5.32 Å². The molecule has 1 aliphatic carbocycles. The molecule has 0 atom stereocenters. The fourth-order valence-electron chi connectivity index (χ4n) is 3.16. The lowest BCUT2D eigenvalue weighted by Gasteiger charge is -2.26. The third-order valence-corrected chi connectivity index (χ3v) is 4.46. The molecule has 0 aliphatic heterocycles. The summed E-state index contributed by atoms with van der Waals surface area (Å²) in [6.45, 7) is 9.68. The molecule has 0 amide bonds. The third kappa shape index (κ3) is 4.34. The van der Waals surface area contributed by atoms with Gasteiger partial charge in [0.1, 0.15) is 0 Å². The van der Waals surface area contributed by atoms with E-state index in [2.05, 4.69) is 41.9 Å². The van der Waals surface area contributed by atoms with Crippen molar-refractivity contribution in [2.24, 2.45) is 11.8 Å². The quantitative estimate of drug-likeness (QED) is 0.796. The number of aromatic nitrogens is 2. The average Bonchev–Trinajstić information content (AvgIpc) is 2.77. The lowest BCUT2D eigenvalue weighted by molar-refractivity contribution is 0.275. The minimum absolute atomic E-state index is 0.956. The van der Waals surface area contributed by atoms with Crippen molar-refractivity contribution in [2.75, 3.05) is 6.54 Å². The highest BCUT2D eigenvalue weighted by molar-refractivity contribution is 5.08. The summed E-state index contributed by atoms with van der Waals surface area (Å²) >= 11 is 0. The van der Waals surface area contributed by atoms with Crippen LogP contribution in [0, 0.1) is 18.8 Å². The molecule has 2 rings (SSSR count). The van der Waals surface area contributed by atoms with Crippen LogP contribution in [-0.2, 0) is 13.1 Å². The van der Waals surface area contributed by atoms with Crippen LogP contribution in [0.15, 0.2) is 6.07 Å². The van der Waals surface area contributed by atoms with E-state index in [9.17, 15) is 0 Å². The molecule has 108 valence electrons. The standard InChI is InChI=1S/C16H29N3/c1-4-19-16(11-14(3)18-19)12-17-10-9-15-7-5-13(2)6-8-15/h11,13,15,17H,4-10,12H2,1-3H3. The summed E-state index contributed by atoms with van der Waals surface area (Å²) in [6.07, 6.45) is 7.09. The predicted molar refractivity (Wildman–Crippen MR) is 80.1 cm³/mol. The van der Waals surface area contributed by atoms with Gasteiger partial charge in [0, 0.05) is 13.1 Å². The van der Waals surface area contributed by atoms with Crippen LogP contribution in [0.5, 0.6) is 0 Å². The fourth-order valence-corrected chi connectivity index (χ4v) is 3.16. The van der Waals surface area contributed by atoms with Gasteiger partial charge in [-0.25, -0.2) is 0 Å². The Kier molecular flexibility index (Phi) is 5.44. The molecule has 1 aromatic rings. The van der Waals surface area contributed by atoms with Crippen molar-refractivity contribution in [2.45, 2.75) is 66.0 Å². The molecule has 0 saturated heterocycles. The van der Waals surface area contributed by atoms with Crippen LogP contribution < -0.4 is 5.32 Å². The second kappa shape index (κ2) is 7.09. The zero-order chi connectivity index (χ0) is 13.7. The van der Waals surface area contributed by atoms with E-state index in [1.807, 2.05) is 0 Å². The van der Waals surface area contributed by atoms with Crippen molar-refractivity contribution >= 4 is 0 Å². The molecule has 3 nitrogen and oxygen atoms in total. The molecule has 0 aromatic carbocycles.